The van der Waals surface area contributed by atoms with Gasteiger partial charge >= 0.3 is 0 Å². The van der Waals surface area contributed by atoms with Crippen molar-refractivity contribution in [1.29, 1.82) is 0 Å². The lowest BCUT2D eigenvalue weighted by molar-refractivity contribution is -0.119. The van der Waals surface area contributed by atoms with Gasteiger partial charge in [0.05, 0.1) is 10.0 Å². The first kappa shape index (κ1) is 19.7. The highest BCUT2D eigenvalue weighted by atomic mass is 35.5. The zero-order valence-corrected chi connectivity index (χ0v) is 17.0. The summed E-state index contributed by atoms with van der Waals surface area (Å²) in [6.45, 7) is 5.42. The number of nitrogens with one attached hydrogen (secondary N) is 1. The molecule has 0 spiro atoms. The molecular formula is C18H23Cl2N3O2S. The second kappa shape index (κ2) is 9.22. The predicted octanol–water partition coefficient (Wildman–Crippen LogP) is 3.78. The van der Waals surface area contributed by atoms with Crippen molar-refractivity contribution in [3.05, 3.63) is 39.9 Å². The van der Waals surface area contributed by atoms with Gasteiger partial charge in [0.15, 0.2) is 5.50 Å². The molecule has 8 heteroatoms. The van der Waals surface area contributed by atoms with E-state index < -0.39 is 0 Å². The van der Waals surface area contributed by atoms with Gasteiger partial charge in [0.25, 0.3) is 0 Å². The van der Waals surface area contributed by atoms with E-state index in [0.29, 0.717) is 10.0 Å². The van der Waals surface area contributed by atoms with Crippen LogP contribution in [0.3, 0.4) is 0 Å². The number of halogens is 2. The number of piperidine rings is 1. The number of carbonyl (C=O) groups is 1. The lowest BCUT2D eigenvalue weighted by Crippen LogP contribution is -2.45. The molecule has 2 aliphatic heterocycles. The summed E-state index contributed by atoms with van der Waals surface area (Å²) in [5, 5.41) is 6.04. The maximum atomic E-state index is 11.3. The van der Waals surface area contributed by atoms with Gasteiger partial charge in [-0.3, -0.25) is 4.79 Å². The number of thioether (sulfide) groups is 1. The molecule has 0 aromatic heterocycles. The number of hydrogen-bond donors (Lipinski definition) is 1. The van der Waals surface area contributed by atoms with E-state index in [-0.39, 0.29) is 17.5 Å². The third-order valence-electron chi connectivity index (χ3n) is 4.49. The Morgan fingerprint density at radius 3 is 2.73 bits per heavy atom. The molecule has 0 saturated carbocycles. The van der Waals surface area contributed by atoms with Crippen LogP contribution in [-0.4, -0.2) is 53.5 Å². The van der Waals surface area contributed by atoms with Gasteiger partial charge in [-0.1, -0.05) is 35.0 Å². The number of ether oxygens (including phenoxy) is 1. The van der Waals surface area contributed by atoms with Crippen molar-refractivity contribution >= 4 is 40.9 Å². The van der Waals surface area contributed by atoms with Crippen LogP contribution in [0.2, 0.25) is 10.0 Å². The Morgan fingerprint density at radius 2 is 2.04 bits per heavy atom. The van der Waals surface area contributed by atoms with E-state index in [0.717, 1.165) is 44.8 Å². The summed E-state index contributed by atoms with van der Waals surface area (Å²) >= 11 is 13.6. The van der Waals surface area contributed by atoms with E-state index >= 15 is 0 Å². The Bertz CT molecular complexity index is 666. The van der Waals surface area contributed by atoms with Crippen LogP contribution in [0.25, 0.3) is 0 Å². The van der Waals surface area contributed by atoms with Crippen LogP contribution in [-0.2, 0) is 4.79 Å². The molecule has 1 atom stereocenters. The predicted molar refractivity (Wildman–Crippen MR) is 108 cm³/mol. The highest BCUT2D eigenvalue weighted by Crippen LogP contribution is 2.28. The van der Waals surface area contributed by atoms with Crippen molar-refractivity contribution in [2.24, 2.45) is 0 Å². The molecule has 1 fully saturated rings. The van der Waals surface area contributed by atoms with Gasteiger partial charge in [-0.05, 0) is 30.4 Å². The van der Waals surface area contributed by atoms with E-state index in [4.69, 9.17) is 27.9 Å². The van der Waals surface area contributed by atoms with Crippen LogP contribution in [0, 0.1) is 0 Å². The molecule has 2 aliphatic rings. The fourth-order valence-corrected chi connectivity index (χ4v) is 4.31. The molecule has 1 amide bonds. The number of rotatable bonds is 6. The normalized spacial score (nSPS) is 21.2. The molecule has 1 saturated heterocycles. The molecule has 1 aromatic carbocycles. The standard InChI is InChI=1S/C18H23Cl2N3O2S/c1-13(24)21-18-23(10-11-26-18)9-8-22-6-4-14(5-7-22)25-15-2-3-16(19)17(20)12-15/h2-3,10-12,14,18H,4-9H2,1H3,(H,21,24). The Hall–Kier alpha value is -1.08. The smallest absolute Gasteiger partial charge is 0.219 e. The maximum absolute atomic E-state index is 11.3. The Labute approximate surface area is 168 Å². The van der Waals surface area contributed by atoms with E-state index in [1.54, 1.807) is 30.8 Å². The highest BCUT2D eigenvalue weighted by Gasteiger charge is 2.24. The fraction of sp³-hybridized carbons (Fsp3) is 0.500. The van der Waals surface area contributed by atoms with E-state index in [2.05, 4.69) is 15.1 Å². The molecule has 5 nitrogen and oxygen atoms in total. The van der Waals surface area contributed by atoms with E-state index in [9.17, 15) is 4.79 Å². The van der Waals surface area contributed by atoms with Gasteiger partial charge in [0, 0.05) is 45.4 Å². The summed E-state index contributed by atoms with van der Waals surface area (Å²) in [7, 11) is 0. The number of hydrogen-bond acceptors (Lipinski definition) is 5. The molecule has 3 rings (SSSR count). The van der Waals surface area contributed by atoms with Crippen molar-refractivity contribution in [2.75, 3.05) is 26.2 Å². The summed E-state index contributed by atoms with van der Waals surface area (Å²) in [4.78, 5) is 15.9. The van der Waals surface area contributed by atoms with Gasteiger partial charge in [-0.2, -0.15) is 0 Å². The Morgan fingerprint density at radius 1 is 1.27 bits per heavy atom. The average molecular weight is 416 g/mol. The molecular weight excluding hydrogens is 393 g/mol. The van der Waals surface area contributed by atoms with E-state index in [1.165, 1.54) is 0 Å². The monoisotopic (exact) mass is 415 g/mol. The van der Waals surface area contributed by atoms with Crippen molar-refractivity contribution in [2.45, 2.75) is 31.4 Å². The lowest BCUT2D eigenvalue weighted by Gasteiger charge is -2.34. The first-order valence-electron chi connectivity index (χ1n) is 8.70. The Balaban J connectivity index is 1.40. The number of carbonyl (C=O) groups excluding carboxylic acids is 1. The van der Waals surface area contributed by atoms with Crippen molar-refractivity contribution in [1.82, 2.24) is 15.1 Å². The van der Waals surface area contributed by atoms with E-state index in [1.807, 2.05) is 17.7 Å². The van der Waals surface area contributed by atoms with Crippen molar-refractivity contribution < 1.29 is 9.53 Å². The molecule has 142 valence electrons. The molecule has 1 N–H and O–H groups in total. The molecule has 2 heterocycles. The first-order valence-corrected chi connectivity index (χ1v) is 10.4. The summed E-state index contributed by atoms with van der Waals surface area (Å²) in [5.41, 5.74) is 0.0167. The molecule has 0 bridgehead atoms. The molecule has 0 aliphatic carbocycles. The van der Waals surface area contributed by atoms with Crippen LogP contribution in [0.1, 0.15) is 19.8 Å². The summed E-state index contributed by atoms with van der Waals surface area (Å²) in [5.74, 6) is 0.770. The third kappa shape index (κ3) is 5.46. The molecule has 0 radical (unpaired) electrons. The lowest BCUT2D eigenvalue weighted by atomic mass is 10.1. The van der Waals surface area contributed by atoms with Crippen molar-refractivity contribution in [3.8, 4) is 5.75 Å². The van der Waals surface area contributed by atoms with Crippen LogP contribution in [0.4, 0.5) is 0 Å². The van der Waals surface area contributed by atoms with Gasteiger partial charge in [-0.25, -0.2) is 0 Å². The van der Waals surface area contributed by atoms with Gasteiger partial charge < -0.3 is 19.9 Å². The minimum Gasteiger partial charge on any atom is -0.490 e. The number of benzene rings is 1. The van der Waals surface area contributed by atoms with Crippen molar-refractivity contribution in [3.63, 3.8) is 0 Å². The topological polar surface area (TPSA) is 44.8 Å². The maximum Gasteiger partial charge on any atom is 0.219 e. The van der Waals surface area contributed by atoms with Gasteiger partial charge in [0.1, 0.15) is 11.9 Å². The molecule has 1 unspecified atom stereocenters. The largest absolute Gasteiger partial charge is 0.490 e. The SMILES string of the molecule is CC(=O)NC1SC=CN1CCN1CCC(Oc2ccc(Cl)c(Cl)c2)CC1. The summed E-state index contributed by atoms with van der Waals surface area (Å²) < 4.78 is 6.04. The van der Waals surface area contributed by atoms with Gasteiger partial charge in [0.2, 0.25) is 5.91 Å². The molecule has 26 heavy (non-hydrogen) atoms. The zero-order chi connectivity index (χ0) is 18.5. The Kier molecular flexibility index (Phi) is 6.98. The number of likely N-dealkylation sites (tertiary alicyclic amines) is 1. The van der Waals surface area contributed by atoms with Crippen LogP contribution in [0.5, 0.6) is 5.75 Å². The third-order valence-corrected chi connectivity index (χ3v) is 6.15. The van der Waals surface area contributed by atoms with Crippen LogP contribution in [0.15, 0.2) is 29.8 Å². The second-order valence-corrected chi connectivity index (χ2v) is 8.25. The highest BCUT2D eigenvalue weighted by molar-refractivity contribution is 8.02. The quantitative estimate of drug-likeness (QED) is 0.765. The fourth-order valence-electron chi connectivity index (χ4n) is 3.08. The minimum atomic E-state index is -0.00327. The number of nitrogens with zero attached hydrogens (tertiary/aromatic N) is 2. The first-order chi connectivity index (χ1) is 12.5. The minimum absolute atomic E-state index is 0.00327. The number of amides is 1. The zero-order valence-electron chi connectivity index (χ0n) is 14.7. The average Bonchev–Trinajstić information content (AvgIpc) is 3.04. The van der Waals surface area contributed by atoms with Gasteiger partial charge in [-0.15, -0.1) is 0 Å². The second-order valence-electron chi connectivity index (χ2n) is 6.45. The molecule has 1 aromatic rings. The summed E-state index contributed by atoms with van der Waals surface area (Å²) in [6.07, 6.45) is 4.23. The van der Waals surface area contributed by atoms with Crippen LogP contribution < -0.4 is 10.1 Å². The summed E-state index contributed by atoms with van der Waals surface area (Å²) in [6, 6.07) is 5.40. The van der Waals surface area contributed by atoms with Crippen LogP contribution >= 0.6 is 35.0 Å².